The maximum absolute atomic E-state index is 12.7. The molecule has 0 saturated heterocycles. The second-order valence-electron chi connectivity index (χ2n) is 9.33. The number of phenols is 2. The Hall–Kier alpha value is -5.39. The Morgan fingerprint density at radius 2 is 1.07 bits per heavy atom. The minimum absolute atomic E-state index is 0.0606. The maximum atomic E-state index is 12.7. The number of benzene rings is 3. The monoisotopic (exact) mass is 572 g/mol. The molecule has 4 rings (SSSR count). The van der Waals surface area contributed by atoms with Gasteiger partial charge in [0, 0.05) is 19.4 Å². The van der Waals surface area contributed by atoms with Crippen LogP contribution in [0.4, 0.5) is 17.8 Å². The molecular weight excluding hydrogens is 540 g/mol. The van der Waals surface area contributed by atoms with Gasteiger partial charge in [-0.25, -0.2) is 9.59 Å². The number of aromatic hydroxyl groups is 2. The molecule has 0 unspecified atom stereocenters. The van der Waals surface area contributed by atoms with E-state index in [2.05, 4.69) is 30.9 Å². The van der Waals surface area contributed by atoms with Gasteiger partial charge in [0.05, 0.1) is 14.2 Å². The van der Waals surface area contributed by atoms with Crippen LogP contribution in [-0.2, 0) is 38.4 Å². The molecule has 0 aliphatic carbocycles. The first-order valence-corrected chi connectivity index (χ1v) is 13.1. The fourth-order valence-electron chi connectivity index (χ4n) is 4.08. The van der Waals surface area contributed by atoms with Crippen molar-refractivity contribution >= 4 is 29.8 Å². The second-order valence-corrected chi connectivity index (χ2v) is 9.33. The fourth-order valence-corrected chi connectivity index (χ4v) is 4.08. The fraction of sp³-hybridized carbons (Fsp3) is 0.233. The van der Waals surface area contributed by atoms with Crippen molar-refractivity contribution in [3.8, 4) is 11.5 Å². The number of aromatic nitrogens is 3. The molecule has 3 aromatic carbocycles. The molecule has 0 bridgehead atoms. The summed E-state index contributed by atoms with van der Waals surface area (Å²) < 4.78 is 10.00. The van der Waals surface area contributed by atoms with Crippen LogP contribution in [0.5, 0.6) is 11.5 Å². The summed E-state index contributed by atoms with van der Waals surface area (Å²) in [6.07, 6.45) is 0.444. The Balaban J connectivity index is 1.62. The molecule has 0 aliphatic rings. The molecule has 0 radical (unpaired) electrons. The Morgan fingerprint density at radius 3 is 1.50 bits per heavy atom. The van der Waals surface area contributed by atoms with Crippen LogP contribution in [0.1, 0.15) is 16.7 Å². The van der Waals surface area contributed by atoms with E-state index in [4.69, 9.17) is 9.47 Å². The van der Waals surface area contributed by atoms with Crippen molar-refractivity contribution in [3.63, 3.8) is 0 Å². The normalized spacial score (nSPS) is 12.0. The first-order chi connectivity index (χ1) is 20.3. The van der Waals surface area contributed by atoms with Crippen LogP contribution in [0.15, 0.2) is 78.9 Å². The molecule has 218 valence electrons. The van der Waals surface area contributed by atoms with Gasteiger partial charge < -0.3 is 35.6 Å². The quantitative estimate of drug-likeness (QED) is 0.149. The van der Waals surface area contributed by atoms with Crippen molar-refractivity contribution in [1.29, 1.82) is 0 Å². The summed E-state index contributed by atoms with van der Waals surface area (Å²) in [5.41, 5.74) is 2.52. The number of phenolic OH excluding ortho intramolecular Hbond substituents is 2. The molecule has 12 nitrogen and oxygen atoms in total. The third-order valence-electron chi connectivity index (χ3n) is 6.26. The molecule has 42 heavy (non-hydrogen) atoms. The van der Waals surface area contributed by atoms with Gasteiger partial charge in [-0.2, -0.15) is 15.0 Å². The Kier molecular flexibility index (Phi) is 10.1. The van der Waals surface area contributed by atoms with Gasteiger partial charge in [-0.1, -0.05) is 54.6 Å². The summed E-state index contributed by atoms with van der Waals surface area (Å²) in [5, 5.41) is 28.4. The minimum atomic E-state index is -0.870. The van der Waals surface area contributed by atoms with E-state index < -0.39 is 24.0 Å². The van der Waals surface area contributed by atoms with E-state index in [1.54, 1.807) is 24.3 Å². The van der Waals surface area contributed by atoms with Crippen molar-refractivity contribution in [2.24, 2.45) is 0 Å². The molecule has 1 heterocycles. The highest BCUT2D eigenvalue weighted by atomic mass is 16.5. The lowest BCUT2D eigenvalue weighted by Gasteiger charge is -2.20. The van der Waals surface area contributed by atoms with E-state index in [1.807, 2.05) is 30.3 Å². The SMILES string of the molecule is COC(=O)[C@H](Cc1ccc(O)cc1)Nc1nc(NCc2ccccc2)nc(N[C@@H](Cc2ccc(O)cc2)C(=O)OC)n1. The Labute approximate surface area is 242 Å². The van der Waals surface area contributed by atoms with E-state index >= 15 is 0 Å². The Bertz CT molecular complexity index is 1380. The number of ether oxygens (including phenoxy) is 2. The highest BCUT2D eigenvalue weighted by molar-refractivity contribution is 5.80. The van der Waals surface area contributed by atoms with Crippen LogP contribution in [0, 0.1) is 0 Å². The van der Waals surface area contributed by atoms with Crippen LogP contribution in [-0.4, -0.2) is 63.4 Å². The summed E-state index contributed by atoms with van der Waals surface area (Å²) in [6, 6.07) is 20.8. The number of esters is 2. The minimum Gasteiger partial charge on any atom is -0.508 e. The van der Waals surface area contributed by atoms with Crippen LogP contribution in [0.25, 0.3) is 0 Å². The van der Waals surface area contributed by atoms with E-state index in [9.17, 15) is 19.8 Å². The number of rotatable bonds is 13. The molecule has 0 fully saturated rings. The number of carbonyl (C=O) groups excluding carboxylic acids is 2. The molecule has 0 aliphatic heterocycles. The average Bonchev–Trinajstić information content (AvgIpc) is 3.01. The van der Waals surface area contributed by atoms with Crippen molar-refractivity contribution in [3.05, 3.63) is 95.6 Å². The highest BCUT2D eigenvalue weighted by Crippen LogP contribution is 2.18. The van der Waals surface area contributed by atoms with Gasteiger partial charge in [0.15, 0.2) is 0 Å². The van der Waals surface area contributed by atoms with Gasteiger partial charge in [0.2, 0.25) is 17.8 Å². The lowest BCUT2D eigenvalue weighted by atomic mass is 10.1. The molecule has 1 aromatic heterocycles. The summed E-state index contributed by atoms with van der Waals surface area (Å²) in [5.74, 6) is -0.559. The number of nitrogens with zero attached hydrogens (tertiary/aromatic N) is 3. The molecule has 0 spiro atoms. The largest absolute Gasteiger partial charge is 0.508 e. The van der Waals surface area contributed by atoms with Gasteiger partial charge in [-0.15, -0.1) is 0 Å². The summed E-state index contributed by atoms with van der Waals surface area (Å²) in [7, 11) is 2.57. The standard InChI is InChI=1S/C30H32N6O6/c1-41-26(39)24(16-19-8-12-22(37)13-9-19)32-29-34-28(31-18-21-6-4-3-5-7-21)35-30(36-29)33-25(27(40)42-2)17-20-10-14-23(38)15-11-20/h3-15,24-25,37-38H,16-18H2,1-2H3,(H3,31,32,33,34,35,36)/t24-,25-/m0/s1. The number of hydrogen-bond acceptors (Lipinski definition) is 12. The van der Waals surface area contributed by atoms with E-state index in [1.165, 1.54) is 38.5 Å². The van der Waals surface area contributed by atoms with Crippen LogP contribution in [0.3, 0.4) is 0 Å². The van der Waals surface area contributed by atoms with Crippen LogP contribution >= 0.6 is 0 Å². The van der Waals surface area contributed by atoms with Gasteiger partial charge in [-0.05, 0) is 41.0 Å². The molecule has 5 N–H and O–H groups in total. The first kappa shape index (κ1) is 29.6. The summed E-state index contributed by atoms with van der Waals surface area (Å²) in [6.45, 7) is 0.408. The van der Waals surface area contributed by atoms with Crippen LogP contribution < -0.4 is 16.0 Å². The average molecular weight is 573 g/mol. The smallest absolute Gasteiger partial charge is 0.328 e. The van der Waals surface area contributed by atoms with Gasteiger partial charge >= 0.3 is 11.9 Å². The van der Waals surface area contributed by atoms with E-state index in [-0.39, 0.29) is 42.2 Å². The number of methoxy groups -OCH3 is 2. The number of hydrogen-bond donors (Lipinski definition) is 5. The molecule has 0 saturated carbocycles. The zero-order chi connectivity index (χ0) is 29.9. The van der Waals surface area contributed by atoms with Crippen molar-refractivity contribution in [1.82, 2.24) is 15.0 Å². The summed E-state index contributed by atoms with van der Waals surface area (Å²) in [4.78, 5) is 38.7. The zero-order valence-corrected chi connectivity index (χ0v) is 23.2. The predicted octanol–water partition coefficient (Wildman–Crippen LogP) is 3.29. The highest BCUT2D eigenvalue weighted by Gasteiger charge is 2.24. The Morgan fingerprint density at radius 1 is 0.643 bits per heavy atom. The number of carbonyl (C=O) groups is 2. The lowest BCUT2D eigenvalue weighted by molar-refractivity contribution is -0.142. The molecule has 12 heteroatoms. The third-order valence-corrected chi connectivity index (χ3v) is 6.26. The topological polar surface area (TPSA) is 168 Å². The first-order valence-electron chi connectivity index (χ1n) is 13.1. The number of nitrogens with one attached hydrogen (secondary N) is 3. The molecule has 4 aromatic rings. The van der Waals surface area contributed by atoms with Gasteiger partial charge in [-0.3, -0.25) is 0 Å². The van der Waals surface area contributed by atoms with Gasteiger partial charge in [0.1, 0.15) is 23.6 Å². The third kappa shape index (κ3) is 8.55. The van der Waals surface area contributed by atoms with Crippen molar-refractivity contribution in [2.45, 2.75) is 31.5 Å². The van der Waals surface area contributed by atoms with Gasteiger partial charge in [0.25, 0.3) is 0 Å². The lowest BCUT2D eigenvalue weighted by Crippen LogP contribution is -2.35. The molecular formula is C30H32N6O6. The second kappa shape index (κ2) is 14.3. The van der Waals surface area contributed by atoms with Crippen molar-refractivity contribution in [2.75, 3.05) is 30.2 Å². The molecule has 2 atom stereocenters. The number of anilines is 3. The van der Waals surface area contributed by atoms with Crippen molar-refractivity contribution < 1.29 is 29.3 Å². The van der Waals surface area contributed by atoms with Crippen LogP contribution in [0.2, 0.25) is 0 Å². The van der Waals surface area contributed by atoms with E-state index in [0.29, 0.717) is 6.54 Å². The predicted molar refractivity (Wildman–Crippen MR) is 156 cm³/mol. The molecule has 0 amide bonds. The zero-order valence-electron chi connectivity index (χ0n) is 23.2. The summed E-state index contributed by atoms with van der Waals surface area (Å²) >= 11 is 0. The van der Waals surface area contributed by atoms with E-state index in [0.717, 1.165) is 16.7 Å². The maximum Gasteiger partial charge on any atom is 0.328 e.